The van der Waals surface area contributed by atoms with Crippen molar-refractivity contribution in [2.24, 2.45) is 0 Å². The molecule has 2 heterocycles. The number of hydrogen-bond acceptors (Lipinski definition) is 5. The van der Waals surface area contributed by atoms with E-state index in [2.05, 4.69) is 21.0 Å². The zero-order chi connectivity index (χ0) is 18.3. The SMILES string of the molecule is Cc1cc(C)cc(-c2nc3cnc(Oc4cc(C)ccc4F)nc3o2)c1. The van der Waals surface area contributed by atoms with Crippen LogP contribution in [-0.2, 0) is 0 Å². The maximum atomic E-state index is 13.9. The Hall–Kier alpha value is -3.28. The Balaban J connectivity index is 1.70. The van der Waals surface area contributed by atoms with Gasteiger partial charge in [0.15, 0.2) is 11.6 Å². The van der Waals surface area contributed by atoms with Crippen molar-refractivity contribution in [2.45, 2.75) is 20.8 Å². The summed E-state index contributed by atoms with van der Waals surface area (Å²) in [6, 6.07) is 10.7. The molecule has 5 nitrogen and oxygen atoms in total. The molecule has 0 spiro atoms. The maximum absolute atomic E-state index is 13.9. The van der Waals surface area contributed by atoms with E-state index in [1.54, 1.807) is 12.1 Å². The van der Waals surface area contributed by atoms with Crippen molar-refractivity contribution in [1.82, 2.24) is 15.0 Å². The highest BCUT2D eigenvalue weighted by molar-refractivity contribution is 5.72. The van der Waals surface area contributed by atoms with Gasteiger partial charge in [0, 0.05) is 5.56 Å². The quantitative estimate of drug-likeness (QED) is 0.512. The minimum Gasteiger partial charge on any atom is -0.421 e. The van der Waals surface area contributed by atoms with E-state index in [4.69, 9.17) is 9.15 Å². The van der Waals surface area contributed by atoms with Crippen molar-refractivity contribution in [2.75, 3.05) is 0 Å². The first-order valence-corrected chi connectivity index (χ1v) is 8.14. The first-order valence-electron chi connectivity index (χ1n) is 8.14. The summed E-state index contributed by atoms with van der Waals surface area (Å²) < 4.78 is 25.1. The van der Waals surface area contributed by atoms with E-state index in [0.29, 0.717) is 11.4 Å². The lowest BCUT2D eigenvalue weighted by atomic mass is 10.1. The van der Waals surface area contributed by atoms with E-state index in [1.807, 2.05) is 32.9 Å². The van der Waals surface area contributed by atoms with Crippen LogP contribution in [0.1, 0.15) is 16.7 Å². The van der Waals surface area contributed by atoms with Crippen LogP contribution < -0.4 is 4.74 Å². The molecule has 4 rings (SSSR count). The number of hydrogen-bond donors (Lipinski definition) is 0. The number of oxazole rings is 1. The standard InChI is InChI=1S/C20H16FN3O2/c1-11-4-5-15(21)17(9-11)25-20-22-10-16-19(24-20)26-18(23-16)14-7-12(2)6-13(3)8-14/h4-10H,1-3H3. The van der Waals surface area contributed by atoms with Crippen LogP contribution in [0.5, 0.6) is 11.8 Å². The fourth-order valence-electron chi connectivity index (χ4n) is 2.78. The van der Waals surface area contributed by atoms with Crippen LogP contribution in [-0.4, -0.2) is 15.0 Å². The van der Waals surface area contributed by atoms with Crippen LogP contribution in [0, 0.1) is 26.6 Å². The Morgan fingerprint density at radius 3 is 2.46 bits per heavy atom. The molecule has 0 aliphatic heterocycles. The van der Waals surface area contributed by atoms with Gasteiger partial charge in [-0.2, -0.15) is 4.98 Å². The molecule has 0 unspecified atom stereocenters. The number of ether oxygens (including phenoxy) is 1. The van der Waals surface area contributed by atoms with Gasteiger partial charge in [-0.3, -0.25) is 0 Å². The van der Waals surface area contributed by atoms with Crippen LogP contribution in [0.4, 0.5) is 4.39 Å². The van der Waals surface area contributed by atoms with E-state index >= 15 is 0 Å². The average molecular weight is 349 g/mol. The second kappa shape index (κ2) is 6.22. The van der Waals surface area contributed by atoms with Crippen molar-refractivity contribution in [3.05, 3.63) is 65.1 Å². The predicted octanol–water partition coefficient (Wildman–Crippen LogP) is 5.14. The van der Waals surface area contributed by atoms with Crippen LogP contribution in [0.15, 0.2) is 47.0 Å². The highest BCUT2D eigenvalue weighted by Gasteiger charge is 2.13. The molecule has 0 saturated heterocycles. The summed E-state index contributed by atoms with van der Waals surface area (Å²) in [5, 5.41) is 0. The average Bonchev–Trinajstić information content (AvgIpc) is 3.01. The van der Waals surface area contributed by atoms with E-state index in [9.17, 15) is 4.39 Å². The largest absolute Gasteiger partial charge is 0.421 e. The third kappa shape index (κ3) is 3.13. The van der Waals surface area contributed by atoms with E-state index in [0.717, 1.165) is 22.3 Å². The normalized spacial score (nSPS) is 11.1. The minimum atomic E-state index is -0.479. The summed E-state index contributed by atoms with van der Waals surface area (Å²) in [5.41, 5.74) is 4.78. The van der Waals surface area contributed by atoms with Gasteiger partial charge in [0.2, 0.25) is 5.89 Å². The van der Waals surface area contributed by atoms with E-state index < -0.39 is 5.82 Å². The molecule has 130 valence electrons. The fraction of sp³-hybridized carbons (Fsp3) is 0.150. The molecule has 2 aromatic heterocycles. The number of benzene rings is 2. The number of nitrogens with zero attached hydrogens (tertiary/aromatic N) is 3. The second-order valence-corrected chi connectivity index (χ2v) is 6.27. The van der Waals surface area contributed by atoms with Gasteiger partial charge in [-0.05, 0) is 50.6 Å². The Morgan fingerprint density at radius 1 is 0.923 bits per heavy atom. The monoisotopic (exact) mass is 349 g/mol. The van der Waals surface area contributed by atoms with Crippen molar-refractivity contribution in [3.63, 3.8) is 0 Å². The zero-order valence-corrected chi connectivity index (χ0v) is 14.6. The molecule has 26 heavy (non-hydrogen) atoms. The van der Waals surface area contributed by atoms with Crippen molar-refractivity contribution in [3.8, 4) is 23.2 Å². The summed E-state index contributed by atoms with van der Waals surface area (Å²) >= 11 is 0. The molecule has 0 aliphatic carbocycles. The van der Waals surface area contributed by atoms with Gasteiger partial charge in [0.05, 0.1) is 6.20 Å². The topological polar surface area (TPSA) is 61.0 Å². The Kier molecular flexibility index (Phi) is 3.88. The molecule has 2 aromatic carbocycles. The lowest BCUT2D eigenvalue weighted by Gasteiger charge is -2.05. The molecule has 0 fully saturated rings. The number of aromatic nitrogens is 3. The van der Waals surface area contributed by atoms with Crippen LogP contribution >= 0.6 is 0 Å². The third-order valence-corrected chi connectivity index (χ3v) is 3.89. The van der Waals surface area contributed by atoms with E-state index in [-0.39, 0.29) is 17.5 Å². The minimum absolute atomic E-state index is 0.00474. The second-order valence-electron chi connectivity index (χ2n) is 6.27. The molecule has 0 saturated carbocycles. The van der Waals surface area contributed by atoms with Gasteiger partial charge < -0.3 is 9.15 Å². The van der Waals surface area contributed by atoms with Gasteiger partial charge >= 0.3 is 6.01 Å². The molecular formula is C20H16FN3O2. The highest BCUT2D eigenvalue weighted by atomic mass is 19.1. The van der Waals surface area contributed by atoms with Gasteiger partial charge in [-0.15, -0.1) is 0 Å². The first kappa shape index (κ1) is 16.2. The van der Waals surface area contributed by atoms with Crippen LogP contribution in [0.3, 0.4) is 0 Å². The number of halogens is 1. The van der Waals surface area contributed by atoms with Crippen LogP contribution in [0.2, 0.25) is 0 Å². The van der Waals surface area contributed by atoms with Gasteiger partial charge in [-0.1, -0.05) is 23.3 Å². The summed E-state index contributed by atoms with van der Waals surface area (Å²) in [7, 11) is 0. The molecular weight excluding hydrogens is 333 g/mol. The zero-order valence-electron chi connectivity index (χ0n) is 14.6. The summed E-state index contributed by atoms with van der Waals surface area (Å²) in [6.07, 6.45) is 1.50. The fourth-order valence-corrected chi connectivity index (χ4v) is 2.78. The number of aryl methyl sites for hydroxylation is 3. The van der Waals surface area contributed by atoms with E-state index in [1.165, 1.54) is 12.3 Å². The number of fused-ring (bicyclic) bond motifs is 1. The lowest BCUT2D eigenvalue weighted by Crippen LogP contribution is -1.94. The number of rotatable bonds is 3. The van der Waals surface area contributed by atoms with Crippen molar-refractivity contribution in [1.29, 1.82) is 0 Å². The molecule has 6 heteroatoms. The van der Waals surface area contributed by atoms with Crippen molar-refractivity contribution >= 4 is 11.2 Å². The summed E-state index contributed by atoms with van der Waals surface area (Å²) in [6.45, 7) is 5.88. The highest BCUT2D eigenvalue weighted by Crippen LogP contribution is 2.27. The molecule has 0 radical (unpaired) electrons. The summed E-state index contributed by atoms with van der Waals surface area (Å²) in [5.74, 6) is 0.0474. The predicted molar refractivity (Wildman–Crippen MR) is 95.7 cm³/mol. The summed E-state index contributed by atoms with van der Waals surface area (Å²) in [4.78, 5) is 12.7. The Morgan fingerprint density at radius 2 is 1.69 bits per heavy atom. The molecule has 0 atom stereocenters. The Labute approximate surface area is 149 Å². The lowest BCUT2D eigenvalue weighted by molar-refractivity contribution is 0.410. The third-order valence-electron chi connectivity index (χ3n) is 3.89. The van der Waals surface area contributed by atoms with Crippen molar-refractivity contribution < 1.29 is 13.5 Å². The smallest absolute Gasteiger partial charge is 0.325 e. The first-order chi connectivity index (χ1) is 12.5. The van der Waals surface area contributed by atoms with Gasteiger partial charge in [0.1, 0.15) is 5.52 Å². The molecule has 0 bridgehead atoms. The Bertz CT molecular complexity index is 1100. The molecule has 0 N–H and O–H groups in total. The van der Waals surface area contributed by atoms with Gasteiger partial charge in [0.25, 0.3) is 5.71 Å². The molecule has 0 amide bonds. The van der Waals surface area contributed by atoms with Gasteiger partial charge in [-0.25, -0.2) is 14.4 Å². The maximum Gasteiger partial charge on any atom is 0.325 e. The molecule has 0 aliphatic rings. The van der Waals surface area contributed by atoms with Crippen LogP contribution in [0.25, 0.3) is 22.7 Å². The molecule has 4 aromatic rings.